The number of para-hydroxylation sites is 1. The first-order valence-electron chi connectivity index (χ1n) is 12.6. The maximum absolute atomic E-state index is 14.9. The van der Waals surface area contributed by atoms with E-state index in [9.17, 15) is 18.8 Å². The summed E-state index contributed by atoms with van der Waals surface area (Å²) in [4.78, 5) is 45.6. The van der Waals surface area contributed by atoms with Gasteiger partial charge in [0.25, 0.3) is 5.91 Å². The molecule has 202 valence electrons. The number of benzodiazepines with no additional fused rings is 1. The van der Waals surface area contributed by atoms with Gasteiger partial charge in [-0.1, -0.05) is 60.7 Å². The Kier molecular flexibility index (Phi) is 8.09. The number of likely N-dealkylation sites (N-methyl/N-ethyl adjacent to an activating group) is 1. The number of carbonyl (C=O) groups is 3. The molecule has 9 heteroatoms. The molecule has 0 fully saturated rings. The van der Waals surface area contributed by atoms with Crippen LogP contribution in [0.5, 0.6) is 0 Å². The van der Waals surface area contributed by atoms with Crippen molar-refractivity contribution in [1.29, 1.82) is 0 Å². The maximum atomic E-state index is 14.9. The van der Waals surface area contributed by atoms with Gasteiger partial charge in [-0.25, -0.2) is 14.2 Å². The summed E-state index contributed by atoms with van der Waals surface area (Å²) in [7, 11) is 1.57. The molecule has 0 radical (unpaired) electrons. The van der Waals surface area contributed by atoms with Gasteiger partial charge in [0.2, 0.25) is 12.1 Å². The summed E-state index contributed by atoms with van der Waals surface area (Å²) in [5.74, 6) is -1.67. The SMILES string of the molecule is CN1C(=O)C(NC(=O)C(Cc2ccccc2)NC(=O)OC(C)(C)C)N=C(c2ccccc2F)c2ccccc21. The van der Waals surface area contributed by atoms with Crippen LogP contribution in [0.2, 0.25) is 0 Å². The molecule has 2 atom stereocenters. The Morgan fingerprint density at radius 3 is 2.26 bits per heavy atom. The van der Waals surface area contributed by atoms with E-state index in [2.05, 4.69) is 15.6 Å². The third-order valence-electron chi connectivity index (χ3n) is 6.04. The van der Waals surface area contributed by atoms with Crippen molar-refractivity contribution in [2.75, 3.05) is 11.9 Å². The highest BCUT2D eigenvalue weighted by atomic mass is 19.1. The Morgan fingerprint density at radius 1 is 0.974 bits per heavy atom. The van der Waals surface area contributed by atoms with Crippen LogP contribution in [0.1, 0.15) is 37.5 Å². The zero-order chi connectivity index (χ0) is 28.2. The summed E-state index contributed by atoms with van der Waals surface area (Å²) in [6, 6.07) is 21.2. The molecule has 0 saturated carbocycles. The summed E-state index contributed by atoms with van der Waals surface area (Å²) < 4.78 is 20.3. The molecule has 1 aliphatic rings. The van der Waals surface area contributed by atoms with Crippen molar-refractivity contribution in [2.45, 2.75) is 45.0 Å². The third-order valence-corrected chi connectivity index (χ3v) is 6.04. The van der Waals surface area contributed by atoms with Crippen molar-refractivity contribution < 1.29 is 23.5 Å². The summed E-state index contributed by atoms with van der Waals surface area (Å²) in [6.45, 7) is 5.15. The van der Waals surface area contributed by atoms with Gasteiger partial charge >= 0.3 is 6.09 Å². The van der Waals surface area contributed by atoms with Crippen LogP contribution in [0.25, 0.3) is 0 Å². The van der Waals surface area contributed by atoms with E-state index in [1.165, 1.54) is 11.0 Å². The quantitative estimate of drug-likeness (QED) is 0.499. The summed E-state index contributed by atoms with van der Waals surface area (Å²) in [5.41, 5.74) is 1.51. The fourth-order valence-electron chi connectivity index (χ4n) is 4.23. The van der Waals surface area contributed by atoms with Crippen molar-refractivity contribution in [3.05, 3.63) is 101 Å². The van der Waals surface area contributed by atoms with E-state index in [0.717, 1.165) is 5.56 Å². The minimum atomic E-state index is -1.37. The van der Waals surface area contributed by atoms with Crippen LogP contribution in [0.4, 0.5) is 14.9 Å². The largest absolute Gasteiger partial charge is 0.444 e. The number of alkyl carbamates (subject to hydrolysis) is 1. The lowest BCUT2D eigenvalue weighted by Gasteiger charge is -2.25. The molecule has 3 aromatic carbocycles. The second kappa shape index (κ2) is 11.5. The molecule has 0 spiro atoms. The van der Waals surface area contributed by atoms with Gasteiger partial charge in [0.15, 0.2) is 0 Å². The first kappa shape index (κ1) is 27.5. The molecule has 3 amide bonds. The molecule has 4 rings (SSSR count). The average molecular weight is 531 g/mol. The zero-order valence-corrected chi connectivity index (χ0v) is 22.3. The van der Waals surface area contributed by atoms with E-state index in [0.29, 0.717) is 11.3 Å². The van der Waals surface area contributed by atoms with Gasteiger partial charge in [-0.3, -0.25) is 9.59 Å². The highest BCUT2D eigenvalue weighted by Crippen LogP contribution is 2.28. The molecule has 0 saturated heterocycles. The first-order valence-corrected chi connectivity index (χ1v) is 12.6. The van der Waals surface area contributed by atoms with E-state index in [-0.39, 0.29) is 17.7 Å². The van der Waals surface area contributed by atoms with Crippen LogP contribution in [-0.2, 0) is 20.7 Å². The van der Waals surface area contributed by atoms with Gasteiger partial charge < -0.3 is 20.3 Å². The first-order chi connectivity index (χ1) is 18.5. The number of nitrogens with one attached hydrogen (secondary N) is 2. The van der Waals surface area contributed by atoms with E-state index in [1.54, 1.807) is 70.3 Å². The molecule has 0 bridgehead atoms. The topological polar surface area (TPSA) is 100 Å². The van der Waals surface area contributed by atoms with Crippen LogP contribution < -0.4 is 15.5 Å². The lowest BCUT2D eigenvalue weighted by molar-refractivity contribution is -0.128. The molecule has 8 nitrogen and oxygen atoms in total. The van der Waals surface area contributed by atoms with Crippen molar-refractivity contribution in [3.63, 3.8) is 0 Å². The van der Waals surface area contributed by atoms with Gasteiger partial charge in [0.1, 0.15) is 17.5 Å². The number of halogens is 1. The van der Waals surface area contributed by atoms with Gasteiger partial charge in [-0.05, 0) is 44.5 Å². The molecule has 0 aliphatic carbocycles. The third kappa shape index (κ3) is 6.67. The van der Waals surface area contributed by atoms with Crippen molar-refractivity contribution >= 4 is 29.3 Å². The number of nitrogens with zero attached hydrogens (tertiary/aromatic N) is 2. The standard InChI is InChI=1S/C30H31FN4O4/c1-30(2,3)39-29(38)32-23(18-19-12-6-5-7-13-19)27(36)34-26-28(37)35(4)24-17-11-9-15-21(24)25(33-26)20-14-8-10-16-22(20)31/h5-17,23,26H,18H2,1-4H3,(H,32,38)(H,34,36). The van der Waals surface area contributed by atoms with Gasteiger partial charge in [0.05, 0.1) is 11.4 Å². The molecule has 0 aromatic heterocycles. The molecule has 2 unspecified atom stereocenters. The number of carbonyl (C=O) groups excluding carboxylic acids is 3. The summed E-state index contributed by atoms with van der Waals surface area (Å²) >= 11 is 0. The Bertz CT molecular complexity index is 1400. The lowest BCUT2D eigenvalue weighted by atomic mass is 10.00. The molecular formula is C30H31FN4O4. The van der Waals surface area contributed by atoms with Gasteiger partial charge in [-0.2, -0.15) is 0 Å². The van der Waals surface area contributed by atoms with Crippen molar-refractivity contribution in [3.8, 4) is 0 Å². The predicted molar refractivity (Wildman–Crippen MR) is 147 cm³/mol. The monoisotopic (exact) mass is 530 g/mol. The maximum Gasteiger partial charge on any atom is 0.408 e. The second-order valence-electron chi connectivity index (χ2n) is 10.2. The minimum absolute atomic E-state index is 0.146. The van der Waals surface area contributed by atoms with Crippen LogP contribution in [0.15, 0.2) is 83.9 Å². The van der Waals surface area contributed by atoms with E-state index in [4.69, 9.17) is 4.74 Å². The molecule has 1 aliphatic heterocycles. The van der Waals surface area contributed by atoms with Gasteiger partial charge in [0, 0.05) is 24.6 Å². The number of aliphatic imine (C=N–C) groups is 1. The van der Waals surface area contributed by atoms with Crippen LogP contribution in [0.3, 0.4) is 0 Å². The van der Waals surface area contributed by atoms with Crippen molar-refractivity contribution in [2.24, 2.45) is 4.99 Å². The molecule has 1 heterocycles. The highest BCUT2D eigenvalue weighted by Gasteiger charge is 2.34. The Morgan fingerprint density at radius 2 is 1.59 bits per heavy atom. The number of fused-ring (bicyclic) bond motifs is 1. The summed E-state index contributed by atoms with van der Waals surface area (Å²) in [6.07, 6.45) is -2.00. The molecule has 3 aromatic rings. The number of hydrogen-bond acceptors (Lipinski definition) is 5. The summed E-state index contributed by atoms with van der Waals surface area (Å²) in [5, 5.41) is 5.29. The fourth-order valence-corrected chi connectivity index (χ4v) is 4.23. The Hall–Kier alpha value is -4.53. The predicted octanol–water partition coefficient (Wildman–Crippen LogP) is 4.22. The van der Waals surface area contributed by atoms with E-state index < -0.39 is 41.5 Å². The lowest BCUT2D eigenvalue weighted by Crippen LogP contribution is -2.54. The Labute approximate surface area is 226 Å². The second-order valence-corrected chi connectivity index (χ2v) is 10.2. The number of benzene rings is 3. The number of ether oxygens (including phenoxy) is 1. The minimum Gasteiger partial charge on any atom is -0.444 e. The van der Waals surface area contributed by atoms with Gasteiger partial charge in [-0.15, -0.1) is 0 Å². The van der Waals surface area contributed by atoms with E-state index in [1.807, 2.05) is 30.3 Å². The number of hydrogen-bond donors (Lipinski definition) is 2. The number of anilines is 1. The smallest absolute Gasteiger partial charge is 0.408 e. The molecule has 2 N–H and O–H groups in total. The number of amides is 3. The Balaban J connectivity index is 1.69. The van der Waals surface area contributed by atoms with Crippen molar-refractivity contribution in [1.82, 2.24) is 10.6 Å². The number of rotatable bonds is 6. The highest BCUT2D eigenvalue weighted by molar-refractivity contribution is 6.20. The normalized spacial score (nSPS) is 15.9. The van der Waals surface area contributed by atoms with Crippen LogP contribution in [0, 0.1) is 5.82 Å². The average Bonchev–Trinajstić information content (AvgIpc) is 2.99. The van der Waals surface area contributed by atoms with Crippen LogP contribution in [-0.4, -0.2) is 48.5 Å². The van der Waals surface area contributed by atoms with E-state index >= 15 is 0 Å². The molecular weight excluding hydrogens is 499 g/mol. The fraction of sp³-hybridized carbons (Fsp3) is 0.267. The zero-order valence-electron chi connectivity index (χ0n) is 22.3. The van der Waals surface area contributed by atoms with Crippen LogP contribution >= 0.6 is 0 Å². The molecule has 39 heavy (non-hydrogen) atoms.